The molecule has 2 aromatic carbocycles. The number of amides is 3. The number of ether oxygens (including phenoxy) is 2. The van der Waals surface area contributed by atoms with E-state index in [0.717, 1.165) is 43.0 Å². The number of urea groups is 1. The molecule has 2 heterocycles. The smallest absolute Gasteiger partial charge is 0.319 e. The van der Waals surface area contributed by atoms with Crippen LogP contribution in [0.3, 0.4) is 0 Å². The van der Waals surface area contributed by atoms with Crippen molar-refractivity contribution in [1.82, 2.24) is 10.2 Å². The standard InChI is InChI=1S/C21H23N3O4/c25-20(24-10-1-2-11-24)16-4-3-5-17(13-16)23-21(26)22-9-8-15-6-7-18-19(12-15)28-14-27-18/h3-7,12-13H,1-2,8-11,14H2,(H2,22,23,26). The maximum Gasteiger partial charge on any atom is 0.319 e. The summed E-state index contributed by atoms with van der Waals surface area (Å²) in [4.78, 5) is 26.5. The highest BCUT2D eigenvalue weighted by atomic mass is 16.7. The summed E-state index contributed by atoms with van der Waals surface area (Å²) >= 11 is 0. The molecule has 0 aliphatic carbocycles. The SMILES string of the molecule is O=C(NCCc1ccc2c(c1)OCO2)Nc1cccc(C(=O)N2CCCC2)c1. The Kier molecular flexibility index (Phi) is 5.32. The summed E-state index contributed by atoms with van der Waals surface area (Å²) in [7, 11) is 0. The fourth-order valence-corrected chi connectivity index (χ4v) is 3.42. The number of rotatable bonds is 5. The molecule has 2 aliphatic rings. The Balaban J connectivity index is 1.28. The lowest BCUT2D eigenvalue weighted by Crippen LogP contribution is -2.31. The monoisotopic (exact) mass is 381 g/mol. The van der Waals surface area contributed by atoms with Gasteiger partial charge in [-0.15, -0.1) is 0 Å². The third-order valence-electron chi connectivity index (χ3n) is 4.90. The van der Waals surface area contributed by atoms with Crippen molar-refractivity contribution >= 4 is 17.6 Å². The predicted octanol–water partition coefficient (Wildman–Crippen LogP) is 3.02. The second kappa shape index (κ2) is 8.21. The van der Waals surface area contributed by atoms with E-state index in [2.05, 4.69) is 10.6 Å². The number of fused-ring (bicyclic) bond motifs is 1. The molecule has 0 unspecified atom stereocenters. The van der Waals surface area contributed by atoms with Crippen LogP contribution in [-0.2, 0) is 6.42 Å². The lowest BCUT2D eigenvalue weighted by Gasteiger charge is -2.16. The van der Waals surface area contributed by atoms with Crippen LogP contribution in [0.1, 0.15) is 28.8 Å². The molecule has 0 aromatic heterocycles. The van der Waals surface area contributed by atoms with Gasteiger partial charge in [-0.2, -0.15) is 0 Å². The van der Waals surface area contributed by atoms with Gasteiger partial charge in [0.1, 0.15) is 0 Å². The fourth-order valence-electron chi connectivity index (χ4n) is 3.42. The highest BCUT2D eigenvalue weighted by Crippen LogP contribution is 2.32. The van der Waals surface area contributed by atoms with Crippen molar-refractivity contribution in [2.24, 2.45) is 0 Å². The minimum atomic E-state index is -0.300. The molecule has 1 fully saturated rings. The van der Waals surface area contributed by atoms with Crippen molar-refractivity contribution in [3.63, 3.8) is 0 Å². The lowest BCUT2D eigenvalue weighted by molar-refractivity contribution is 0.0793. The van der Waals surface area contributed by atoms with Gasteiger partial charge in [0.15, 0.2) is 11.5 Å². The molecule has 7 heteroatoms. The number of nitrogens with zero attached hydrogens (tertiary/aromatic N) is 1. The van der Waals surface area contributed by atoms with Gasteiger partial charge in [-0.25, -0.2) is 4.79 Å². The first kappa shape index (κ1) is 18.2. The van der Waals surface area contributed by atoms with Gasteiger partial charge in [0.05, 0.1) is 0 Å². The molecule has 28 heavy (non-hydrogen) atoms. The molecular weight excluding hydrogens is 358 g/mol. The van der Waals surface area contributed by atoms with Gasteiger partial charge in [0.2, 0.25) is 6.79 Å². The molecule has 146 valence electrons. The summed E-state index contributed by atoms with van der Waals surface area (Å²) in [6.07, 6.45) is 2.78. The Labute approximate surface area is 163 Å². The van der Waals surface area contributed by atoms with E-state index in [1.807, 2.05) is 23.1 Å². The topological polar surface area (TPSA) is 79.9 Å². The van der Waals surface area contributed by atoms with Crippen molar-refractivity contribution in [2.45, 2.75) is 19.3 Å². The zero-order valence-corrected chi connectivity index (χ0v) is 15.6. The molecule has 7 nitrogen and oxygen atoms in total. The van der Waals surface area contributed by atoms with Crippen LogP contribution in [0.2, 0.25) is 0 Å². The first-order chi connectivity index (χ1) is 13.7. The molecule has 0 bridgehead atoms. The Morgan fingerprint density at radius 2 is 1.82 bits per heavy atom. The fraction of sp³-hybridized carbons (Fsp3) is 0.333. The van der Waals surface area contributed by atoms with E-state index in [9.17, 15) is 9.59 Å². The lowest BCUT2D eigenvalue weighted by atomic mass is 10.1. The number of benzene rings is 2. The largest absolute Gasteiger partial charge is 0.454 e. The molecule has 4 rings (SSSR count). The number of anilines is 1. The van der Waals surface area contributed by atoms with E-state index in [1.54, 1.807) is 24.3 Å². The third-order valence-corrected chi connectivity index (χ3v) is 4.90. The summed E-state index contributed by atoms with van der Waals surface area (Å²) in [6, 6.07) is 12.5. The summed E-state index contributed by atoms with van der Waals surface area (Å²) in [6.45, 7) is 2.34. The van der Waals surface area contributed by atoms with Gasteiger partial charge in [-0.3, -0.25) is 4.79 Å². The maximum absolute atomic E-state index is 12.5. The second-order valence-corrected chi connectivity index (χ2v) is 6.90. The molecule has 3 amide bonds. The van der Waals surface area contributed by atoms with Gasteiger partial charge in [-0.05, 0) is 55.2 Å². The van der Waals surface area contributed by atoms with Crippen LogP contribution in [-0.4, -0.2) is 43.3 Å². The van der Waals surface area contributed by atoms with Crippen LogP contribution in [0.5, 0.6) is 11.5 Å². The molecule has 2 aromatic rings. The van der Waals surface area contributed by atoms with Crippen LogP contribution in [0.15, 0.2) is 42.5 Å². The highest BCUT2D eigenvalue weighted by molar-refractivity contribution is 5.97. The molecule has 0 radical (unpaired) electrons. The van der Waals surface area contributed by atoms with Gasteiger partial charge in [0.25, 0.3) is 5.91 Å². The van der Waals surface area contributed by atoms with E-state index in [4.69, 9.17) is 9.47 Å². The van der Waals surface area contributed by atoms with Crippen LogP contribution in [0.4, 0.5) is 10.5 Å². The average Bonchev–Trinajstić information content (AvgIpc) is 3.39. The maximum atomic E-state index is 12.5. The molecule has 0 spiro atoms. The molecule has 0 saturated carbocycles. The normalized spacial score (nSPS) is 14.8. The Morgan fingerprint density at radius 1 is 1.00 bits per heavy atom. The van der Waals surface area contributed by atoms with Crippen LogP contribution in [0, 0.1) is 0 Å². The van der Waals surface area contributed by atoms with E-state index < -0.39 is 0 Å². The van der Waals surface area contributed by atoms with Crippen molar-refractivity contribution in [2.75, 3.05) is 31.7 Å². The Hall–Kier alpha value is -3.22. The van der Waals surface area contributed by atoms with E-state index in [0.29, 0.717) is 24.2 Å². The van der Waals surface area contributed by atoms with Gasteiger partial charge < -0.3 is 25.0 Å². The zero-order chi connectivity index (χ0) is 19.3. The predicted molar refractivity (Wildman–Crippen MR) is 105 cm³/mol. The van der Waals surface area contributed by atoms with E-state index >= 15 is 0 Å². The number of carbonyl (C=O) groups is 2. The summed E-state index contributed by atoms with van der Waals surface area (Å²) < 4.78 is 10.7. The second-order valence-electron chi connectivity index (χ2n) is 6.90. The third kappa shape index (κ3) is 4.19. The average molecular weight is 381 g/mol. The first-order valence-corrected chi connectivity index (χ1v) is 9.52. The van der Waals surface area contributed by atoms with Crippen molar-refractivity contribution in [3.05, 3.63) is 53.6 Å². The minimum Gasteiger partial charge on any atom is -0.454 e. The van der Waals surface area contributed by atoms with Crippen LogP contribution >= 0.6 is 0 Å². The summed E-state index contributed by atoms with van der Waals surface area (Å²) in [5.41, 5.74) is 2.26. The van der Waals surface area contributed by atoms with E-state index in [1.165, 1.54) is 0 Å². The zero-order valence-electron chi connectivity index (χ0n) is 15.6. The van der Waals surface area contributed by atoms with Crippen molar-refractivity contribution < 1.29 is 19.1 Å². The number of likely N-dealkylation sites (tertiary alicyclic amines) is 1. The quantitative estimate of drug-likeness (QED) is 0.834. The Bertz CT molecular complexity index is 878. The molecular formula is C21H23N3O4. The van der Waals surface area contributed by atoms with Crippen LogP contribution in [0.25, 0.3) is 0 Å². The van der Waals surface area contributed by atoms with Crippen molar-refractivity contribution in [1.29, 1.82) is 0 Å². The van der Waals surface area contributed by atoms with Crippen LogP contribution < -0.4 is 20.1 Å². The summed E-state index contributed by atoms with van der Waals surface area (Å²) in [5, 5.41) is 5.62. The van der Waals surface area contributed by atoms with Gasteiger partial charge in [0, 0.05) is 30.9 Å². The van der Waals surface area contributed by atoms with E-state index in [-0.39, 0.29) is 18.7 Å². The molecule has 2 aliphatic heterocycles. The highest BCUT2D eigenvalue weighted by Gasteiger charge is 2.19. The summed E-state index contributed by atoms with van der Waals surface area (Å²) in [5.74, 6) is 1.50. The van der Waals surface area contributed by atoms with Crippen molar-refractivity contribution in [3.8, 4) is 11.5 Å². The number of hydrogen-bond donors (Lipinski definition) is 2. The number of nitrogens with one attached hydrogen (secondary N) is 2. The molecule has 0 atom stereocenters. The number of hydrogen-bond acceptors (Lipinski definition) is 4. The minimum absolute atomic E-state index is 0.0179. The number of carbonyl (C=O) groups excluding carboxylic acids is 2. The molecule has 2 N–H and O–H groups in total. The Morgan fingerprint density at radius 3 is 2.68 bits per heavy atom. The molecule has 1 saturated heterocycles. The first-order valence-electron chi connectivity index (χ1n) is 9.52. The van der Waals surface area contributed by atoms with Gasteiger partial charge >= 0.3 is 6.03 Å². The van der Waals surface area contributed by atoms with Gasteiger partial charge in [-0.1, -0.05) is 12.1 Å².